The SMILES string of the molecule is C[C@@H](Oc1ccc(F)cc1F)C(=O)NN. The van der Waals surface area contributed by atoms with Gasteiger partial charge in [0.1, 0.15) is 5.82 Å². The molecule has 15 heavy (non-hydrogen) atoms. The van der Waals surface area contributed by atoms with E-state index >= 15 is 0 Å². The minimum atomic E-state index is -0.949. The topological polar surface area (TPSA) is 64.3 Å². The molecule has 0 fully saturated rings. The zero-order chi connectivity index (χ0) is 11.4. The molecular weight excluding hydrogens is 206 g/mol. The van der Waals surface area contributed by atoms with Gasteiger partial charge in [0.15, 0.2) is 17.7 Å². The Morgan fingerprint density at radius 1 is 1.53 bits per heavy atom. The summed E-state index contributed by atoms with van der Waals surface area (Å²) < 4.78 is 30.5. The van der Waals surface area contributed by atoms with Gasteiger partial charge >= 0.3 is 0 Å². The molecule has 1 rings (SSSR count). The van der Waals surface area contributed by atoms with Crippen molar-refractivity contribution < 1.29 is 18.3 Å². The number of carbonyl (C=O) groups is 1. The van der Waals surface area contributed by atoms with Crippen molar-refractivity contribution in [3.05, 3.63) is 29.8 Å². The van der Waals surface area contributed by atoms with E-state index in [-0.39, 0.29) is 5.75 Å². The van der Waals surface area contributed by atoms with Crippen molar-refractivity contribution in [2.75, 3.05) is 0 Å². The summed E-state index contributed by atoms with van der Waals surface area (Å²) >= 11 is 0. The minimum absolute atomic E-state index is 0.201. The predicted molar refractivity (Wildman–Crippen MR) is 48.8 cm³/mol. The van der Waals surface area contributed by atoms with Crippen molar-refractivity contribution in [2.45, 2.75) is 13.0 Å². The van der Waals surface area contributed by atoms with Gasteiger partial charge in [0.05, 0.1) is 0 Å². The van der Waals surface area contributed by atoms with Gasteiger partial charge in [-0.1, -0.05) is 0 Å². The standard InChI is InChI=1S/C9H10F2N2O2/c1-5(9(14)13-12)15-8-3-2-6(10)4-7(8)11/h2-5H,12H2,1H3,(H,13,14)/t5-/m1/s1. The van der Waals surface area contributed by atoms with Crippen molar-refractivity contribution in [1.82, 2.24) is 5.43 Å². The Morgan fingerprint density at radius 3 is 2.73 bits per heavy atom. The lowest BCUT2D eigenvalue weighted by Crippen LogP contribution is -2.40. The first-order valence-electron chi connectivity index (χ1n) is 4.16. The van der Waals surface area contributed by atoms with E-state index in [2.05, 4.69) is 0 Å². The van der Waals surface area contributed by atoms with E-state index in [9.17, 15) is 13.6 Å². The summed E-state index contributed by atoms with van der Waals surface area (Å²) in [4.78, 5) is 10.9. The summed E-state index contributed by atoms with van der Waals surface area (Å²) in [7, 11) is 0. The molecule has 0 bridgehead atoms. The summed E-state index contributed by atoms with van der Waals surface area (Å²) in [6.45, 7) is 1.39. The van der Waals surface area contributed by atoms with E-state index in [1.807, 2.05) is 5.43 Å². The van der Waals surface area contributed by atoms with Crippen LogP contribution in [-0.4, -0.2) is 12.0 Å². The van der Waals surface area contributed by atoms with E-state index in [0.29, 0.717) is 6.07 Å². The number of nitrogens with one attached hydrogen (secondary N) is 1. The van der Waals surface area contributed by atoms with Crippen molar-refractivity contribution in [3.8, 4) is 5.75 Å². The summed E-state index contributed by atoms with van der Waals surface area (Å²) in [5, 5.41) is 0. The Hall–Kier alpha value is -1.69. The van der Waals surface area contributed by atoms with Crippen LogP contribution in [0.4, 0.5) is 8.78 Å². The van der Waals surface area contributed by atoms with Crippen LogP contribution in [0.2, 0.25) is 0 Å². The maximum Gasteiger partial charge on any atom is 0.274 e. The fourth-order valence-corrected chi connectivity index (χ4v) is 0.932. The second-order valence-electron chi connectivity index (χ2n) is 2.84. The molecule has 0 saturated carbocycles. The number of hydrogen-bond donors (Lipinski definition) is 2. The lowest BCUT2D eigenvalue weighted by atomic mass is 10.3. The Balaban J connectivity index is 2.76. The summed E-state index contributed by atoms with van der Waals surface area (Å²) in [5.74, 6) is 2.47. The van der Waals surface area contributed by atoms with Crippen LogP contribution in [-0.2, 0) is 4.79 Å². The number of ether oxygens (including phenoxy) is 1. The first-order valence-corrected chi connectivity index (χ1v) is 4.16. The van der Waals surface area contributed by atoms with Crippen LogP contribution in [0.1, 0.15) is 6.92 Å². The molecule has 0 spiro atoms. The molecule has 0 aliphatic carbocycles. The zero-order valence-electron chi connectivity index (χ0n) is 7.96. The van der Waals surface area contributed by atoms with Gasteiger partial charge in [0.2, 0.25) is 0 Å². The van der Waals surface area contributed by atoms with Crippen molar-refractivity contribution in [2.24, 2.45) is 5.84 Å². The molecule has 1 amide bonds. The average Bonchev–Trinajstić information content (AvgIpc) is 2.20. The van der Waals surface area contributed by atoms with Gasteiger partial charge in [-0.25, -0.2) is 14.6 Å². The first-order chi connectivity index (χ1) is 7.04. The highest BCUT2D eigenvalue weighted by molar-refractivity contribution is 5.80. The molecule has 0 saturated heterocycles. The fourth-order valence-electron chi connectivity index (χ4n) is 0.932. The van der Waals surface area contributed by atoms with E-state index in [1.54, 1.807) is 0 Å². The van der Waals surface area contributed by atoms with Gasteiger partial charge in [0, 0.05) is 6.07 Å². The molecule has 4 nitrogen and oxygen atoms in total. The van der Waals surface area contributed by atoms with Gasteiger partial charge in [-0.15, -0.1) is 0 Å². The number of carbonyl (C=O) groups excluding carboxylic acids is 1. The lowest BCUT2D eigenvalue weighted by Gasteiger charge is -2.13. The average molecular weight is 216 g/mol. The van der Waals surface area contributed by atoms with Crippen LogP contribution in [0.25, 0.3) is 0 Å². The van der Waals surface area contributed by atoms with Crippen LogP contribution in [0.15, 0.2) is 18.2 Å². The molecule has 0 unspecified atom stereocenters. The molecule has 0 radical (unpaired) electrons. The number of nitrogens with two attached hydrogens (primary N) is 1. The zero-order valence-corrected chi connectivity index (χ0v) is 7.96. The molecule has 1 aromatic carbocycles. The third-order valence-electron chi connectivity index (χ3n) is 1.71. The number of benzene rings is 1. The Kier molecular flexibility index (Phi) is 3.56. The van der Waals surface area contributed by atoms with Crippen LogP contribution >= 0.6 is 0 Å². The number of hydrazine groups is 1. The highest BCUT2D eigenvalue weighted by Gasteiger charge is 2.15. The van der Waals surface area contributed by atoms with Crippen LogP contribution < -0.4 is 16.0 Å². The van der Waals surface area contributed by atoms with Crippen LogP contribution in [0, 0.1) is 11.6 Å². The summed E-state index contributed by atoms with van der Waals surface area (Å²) in [5.41, 5.74) is 1.86. The van der Waals surface area contributed by atoms with Crippen LogP contribution in [0.3, 0.4) is 0 Å². The molecule has 82 valence electrons. The van der Waals surface area contributed by atoms with Crippen molar-refractivity contribution >= 4 is 5.91 Å². The minimum Gasteiger partial charge on any atom is -0.478 e. The van der Waals surface area contributed by atoms with E-state index < -0.39 is 23.6 Å². The van der Waals surface area contributed by atoms with Gasteiger partial charge < -0.3 is 4.74 Å². The normalized spacial score (nSPS) is 12.0. The fraction of sp³-hybridized carbons (Fsp3) is 0.222. The lowest BCUT2D eigenvalue weighted by molar-refractivity contribution is -0.127. The Morgan fingerprint density at radius 2 is 2.20 bits per heavy atom. The number of hydrogen-bond acceptors (Lipinski definition) is 3. The molecular formula is C9H10F2N2O2. The number of amides is 1. The molecule has 1 atom stereocenters. The highest BCUT2D eigenvalue weighted by Crippen LogP contribution is 2.18. The first kappa shape index (κ1) is 11.4. The second-order valence-corrected chi connectivity index (χ2v) is 2.84. The molecule has 0 heterocycles. The monoisotopic (exact) mass is 216 g/mol. The van der Waals surface area contributed by atoms with E-state index in [1.165, 1.54) is 6.92 Å². The third-order valence-corrected chi connectivity index (χ3v) is 1.71. The van der Waals surface area contributed by atoms with Gasteiger partial charge in [-0.05, 0) is 19.1 Å². The van der Waals surface area contributed by atoms with E-state index in [0.717, 1.165) is 12.1 Å². The third kappa shape index (κ3) is 2.88. The smallest absolute Gasteiger partial charge is 0.274 e. The largest absolute Gasteiger partial charge is 0.478 e. The van der Waals surface area contributed by atoms with Gasteiger partial charge in [0.25, 0.3) is 5.91 Å². The number of halogens is 2. The van der Waals surface area contributed by atoms with Crippen molar-refractivity contribution in [3.63, 3.8) is 0 Å². The summed E-state index contributed by atoms with van der Waals surface area (Å²) in [6, 6.07) is 2.80. The maximum absolute atomic E-state index is 13.1. The molecule has 0 aromatic heterocycles. The Bertz CT molecular complexity index is 371. The van der Waals surface area contributed by atoms with E-state index in [4.69, 9.17) is 10.6 Å². The molecule has 0 aliphatic heterocycles. The predicted octanol–water partition coefficient (Wildman–Crippen LogP) is 0.722. The van der Waals surface area contributed by atoms with Gasteiger partial charge in [-0.2, -0.15) is 0 Å². The summed E-state index contributed by atoms with van der Waals surface area (Å²) in [6.07, 6.45) is -0.949. The maximum atomic E-state index is 13.1. The number of rotatable bonds is 3. The molecule has 3 N–H and O–H groups in total. The highest BCUT2D eigenvalue weighted by atomic mass is 19.1. The van der Waals surface area contributed by atoms with Gasteiger partial charge in [-0.3, -0.25) is 10.2 Å². The van der Waals surface area contributed by atoms with Crippen LogP contribution in [0.5, 0.6) is 5.75 Å². The quantitative estimate of drug-likeness (QED) is 0.444. The molecule has 6 heteroatoms. The molecule has 0 aliphatic rings. The second kappa shape index (κ2) is 4.70. The molecule has 1 aromatic rings. The van der Waals surface area contributed by atoms with Crippen molar-refractivity contribution in [1.29, 1.82) is 0 Å². The Labute approximate surface area is 85.0 Å².